The van der Waals surface area contributed by atoms with Gasteiger partial charge in [0.2, 0.25) is 0 Å². The van der Waals surface area contributed by atoms with Crippen molar-refractivity contribution in [1.82, 2.24) is 4.90 Å². The van der Waals surface area contributed by atoms with Gasteiger partial charge in [0.15, 0.2) is 0 Å². The second-order valence-corrected chi connectivity index (χ2v) is 5.34. The van der Waals surface area contributed by atoms with Crippen LogP contribution in [0.5, 0.6) is 0 Å². The normalized spacial score (nSPS) is 19.5. The molecule has 0 atom stereocenters. The summed E-state index contributed by atoms with van der Waals surface area (Å²) < 4.78 is 4.61. The summed E-state index contributed by atoms with van der Waals surface area (Å²) in [4.78, 5) is 24.5. The van der Waals surface area contributed by atoms with Gasteiger partial charge in [-0.15, -0.1) is 0 Å². The fraction of sp³-hybridized carbons (Fsp3) is 0.833. The number of carbonyl (C=O) groups excluding carboxylic acids is 2. The highest BCUT2D eigenvalue weighted by molar-refractivity contribution is 5.85. The average molecular weight is 227 g/mol. The molecule has 0 aliphatic carbocycles. The molecule has 0 aromatic carbocycles. The quantitative estimate of drug-likeness (QED) is 0.504. The lowest BCUT2D eigenvalue weighted by molar-refractivity contribution is -0.162. The second-order valence-electron chi connectivity index (χ2n) is 5.34. The van der Waals surface area contributed by atoms with E-state index in [1.807, 2.05) is 0 Å². The first-order chi connectivity index (χ1) is 7.30. The Morgan fingerprint density at radius 2 is 1.69 bits per heavy atom. The molecule has 4 nitrogen and oxygen atoms in total. The number of likely N-dealkylation sites (tertiary alicyclic amines) is 1. The summed E-state index contributed by atoms with van der Waals surface area (Å²) in [6, 6.07) is 0. The van der Waals surface area contributed by atoms with Crippen LogP contribution in [0.15, 0.2) is 0 Å². The SMILES string of the molecule is CC(=O)OC(=O)C1CCN(C(C)(C)C)CC1. The topological polar surface area (TPSA) is 46.6 Å². The van der Waals surface area contributed by atoms with E-state index >= 15 is 0 Å². The Bertz CT molecular complexity index is 272. The lowest BCUT2D eigenvalue weighted by Crippen LogP contribution is -2.47. The molecule has 0 aromatic heterocycles. The van der Waals surface area contributed by atoms with Crippen LogP contribution in [-0.4, -0.2) is 35.5 Å². The predicted molar refractivity (Wildman–Crippen MR) is 60.8 cm³/mol. The van der Waals surface area contributed by atoms with Gasteiger partial charge < -0.3 is 4.74 Å². The summed E-state index contributed by atoms with van der Waals surface area (Å²) in [5.74, 6) is -0.980. The van der Waals surface area contributed by atoms with E-state index in [1.54, 1.807) is 0 Å². The van der Waals surface area contributed by atoms with Crippen molar-refractivity contribution >= 4 is 11.9 Å². The van der Waals surface area contributed by atoms with Gasteiger partial charge in [0.25, 0.3) is 0 Å². The second kappa shape index (κ2) is 4.95. The van der Waals surface area contributed by atoms with Crippen LogP contribution in [0, 0.1) is 5.92 Å². The number of ether oxygens (including phenoxy) is 1. The van der Waals surface area contributed by atoms with Gasteiger partial charge in [0, 0.05) is 12.5 Å². The monoisotopic (exact) mass is 227 g/mol. The number of carbonyl (C=O) groups is 2. The molecule has 0 N–H and O–H groups in total. The number of esters is 2. The van der Waals surface area contributed by atoms with Crippen LogP contribution in [0.25, 0.3) is 0 Å². The van der Waals surface area contributed by atoms with Crippen molar-refractivity contribution in [3.05, 3.63) is 0 Å². The fourth-order valence-electron chi connectivity index (χ4n) is 2.01. The summed E-state index contributed by atoms with van der Waals surface area (Å²) in [6.07, 6.45) is 1.56. The van der Waals surface area contributed by atoms with Crippen LogP contribution >= 0.6 is 0 Å². The van der Waals surface area contributed by atoms with Gasteiger partial charge in [-0.1, -0.05) is 0 Å². The largest absolute Gasteiger partial charge is 0.393 e. The Hall–Kier alpha value is -0.900. The van der Waals surface area contributed by atoms with Gasteiger partial charge in [-0.05, 0) is 46.7 Å². The number of piperidine rings is 1. The van der Waals surface area contributed by atoms with E-state index in [-0.39, 0.29) is 17.4 Å². The molecular formula is C12H21NO3. The van der Waals surface area contributed by atoms with Gasteiger partial charge >= 0.3 is 11.9 Å². The maximum Gasteiger partial charge on any atom is 0.316 e. The predicted octanol–water partition coefficient (Wildman–Crippen LogP) is 1.59. The first-order valence-corrected chi connectivity index (χ1v) is 5.78. The van der Waals surface area contributed by atoms with Crippen molar-refractivity contribution in [3.63, 3.8) is 0 Å². The van der Waals surface area contributed by atoms with Crippen LogP contribution in [0.3, 0.4) is 0 Å². The highest BCUT2D eigenvalue weighted by Crippen LogP contribution is 2.24. The molecule has 1 rings (SSSR count). The Kier molecular flexibility index (Phi) is 4.08. The van der Waals surface area contributed by atoms with Gasteiger partial charge in [-0.2, -0.15) is 0 Å². The van der Waals surface area contributed by atoms with Crippen LogP contribution in [0.2, 0.25) is 0 Å². The molecule has 16 heavy (non-hydrogen) atoms. The molecule has 0 bridgehead atoms. The maximum atomic E-state index is 11.5. The van der Waals surface area contributed by atoms with E-state index in [4.69, 9.17) is 0 Å². The number of rotatable bonds is 1. The summed E-state index contributed by atoms with van der Waals surface area (Å²) in [5.41, 5.74) is 0.148. The molecule has 0 aromatic rings. The lowest BCUT2D eigenvalue weighted by Gasteiger charge is -2.40. The van der Waals surface area contributed by atoms with Gasteiger partial charge in [-0.3, -0.25) is 14.5 Å². The number of hydrogen-bond donors (Lipinski definition) is 0. The molecule has 1 heterocycles. The standard InChI is InChI=1S/C12H21NO3/c1-9(14)16-11(15)10-5-7-13(8-6-10)12(2,3)4/h10H,5-8H2,1-4H3. The Balaban J connectivity index is 2.43. The minimum Gasteiger partial charge on any atom is -0.393 e. The summed E-state index contributed by atoms with van der Waals surface area (Å²) >= 11 is 0. The van der Waals surface area contributed by atoms with Crippen molar-refractivity contribution in [2.45, 2.75) is 46.1 Å². The summed E-state index contributed by atoms with van der Waals surface area (Å²) in [7, 11) is 0. The third-order valence-electron chi connectivity index (χ3n) is 3.02. The molecule has 1 aliphatic heterocycles. The molecule has 0 spiro atoms. The zero-order valence-corrected chi connectivity index (χ0v) is 10.6. The Morgan fingerprint density at radius 1 is 1.19 bits per heavy atom. The van der Waals surface area contributed by atoms with E-state index in [2.05, 4.69) is 30.4 Å². The molecular weight excluding hydrogens is 206 g/mol. The Labute approximate surface area is 96.9 Å². The number of nitrogens with zero attached hydrogens (tertiary/aromatic N) is 1. The summed E-state index contributed by atoms with van der Waals surface area (Å²) in [6.45, 7) is 9.55. The summed E-state index contributed by atoms with van der Waals surface area (Å²) in [5, 5.41) is 0. The van der Waals surface area contributed by atoms with Gasteiger partial charge in [0.1, 0.15) is 0 Å². The first-order valence-electron chi connectivity index (χ1n) is 5.78. The van der Waals surface area contributed by atoms with Gasteiger partial charge in [-0.25, -0.2) is 0 Å². The van der Waals surface area contributed by atoms with E-state index in [0.717, 1.165) is 25.9 Å². The number of hydrogen-bond acceptors (Lipinski definition) is 4. The zero-order valence-electron chi connectivity index (χ0n) is 10.6. The molecule has 0 unspecified atom stereocenters. The molecule has 1 saturated heterocycles. The van der Waals surface area contributed by atoms with E-state index < -0.39 is 5.97 Å². The average Bonchev–Trinajstić information content (AvgIpc) is 2.15. The molecule has 4 heteroatoms. The van der Waals surface area contributed by atoms with Crippen molar-refractivity contribution < 1.29 is 14.3 Å². The Morgan fingerprint density at radius 3 is 2.06 bits per heavy atom. The van der Waals surface area contributed by atoms with E-state index in [1.165, 1.54) is 6.92 Å². The molecule has 1 aliphatic rings. The van der Waals surface area contributed by atoms with Crippen molar-refractivity contribution in [2.75, 3.05) is 13.1 Å². The zero-order chi connectivity index (χ0) is 12.3. The molecule has 0 saturated carbocycles. The van der Waals surface area contributed by atoms with E-state index in [9.17, 15) is 9.59 Å². The van der Waals surface area contributed by atoms with Gasteiger partial charge in [0.05, 0.1) is 5.92 Å². The lowest BCUT2D eigenvalue weighted by atomic mass is 9.93. The highest BCUT2D eigenvalue weighted by Gasteiger charge is 2.31. The third kappa shape index (κ3) is 3.59. The molecule has 92 valence electrons. The molecule has 1 fully saturated rings. The third-order valence-corrected chi connectivity index (χ3v) is 3.02. The highest BCUT2D eigenvalue weighted by atomic mass is 16.6. The molecule has 0 radical (unpaired) electrons. The minimum absolute atomic E-state index is 0.109. The van der Waals surface area contributed by atoms with E-state index in [0.29, 0.717) is 0 Å². The van der Waals surface area contributed by atoms with Crippen molar-refractivity contribution in [2.24, 2.45) is 5.92 Å². The van der Waals surface area contributed by atoms with Crippen LogP contribution in [-0.2, 0) is 14.3 Å². The van der Waals surface area contributed by atoms with Crippen LogP contribution in [0.1, 0.15) is 40.5 Å². The van der Waals surface area contributed by atoms with Crippen LogP contribution in [0.4, 0.5) is 0 Å². The van der Waals surface area contributed by atoms with Crippen LogP contribution < -0.4 is 0 Å². The first kappa shape index (κ1) is 13.2. The van der Waals surface area contributed by atoms with Crippen molar-refractivity contribution in [3.8, 4) is 0 Å². The van der Waals surface area contributed by atoms with Crippen molar-refractivity contribution in [1.29, 1.82) is 0 Å². The minimum atomic E-state index is -0.511. The smallest absolute Gasteiger partial charge is 0.316 e. The maximum absolute atomic E-state index is 11.5. The molecule has 0 amide bonds. The fourth-order valence-corrected chi connectivity index (χ4v) is 2.01.